The van der Waals surface area contributed by atoms with Crippen LogP contribution in [0.5, 0.6) is 5.88 Å². The van der Waals surface area contributed by atoms with Gasteiger partial charge < -0.3 is 20.5 Å². The molecule has 0 unspecified atom stereocenters. The van der Waals surface area contributed by atoms with Gasteiger partial charge in [-0.25, -0.2) is 14.8 Å². The van der Waals surface area contributed by atoms with Gasteiger partial charge in [0.2, 0.25) is 5.88 Å². The van der Waals surface area contributed by atoms with Gasteiger partial charge in [0, 0.05) is 31.4 Å². The van der Waals surface area contributed by atoms with Crippen LogP contribution in [-0.2, 0) is 0 Å². The Morgan fingerprint density at radius 2 is 2.27 bits per heavy atom. The molecule has 0 saturated carbocycles. The third-order valence-corrected chi connectivity index (χ3v) is 4.68. The topological polar surface area (TPSA) is 133 Å². The number of nitrogens with two attached hydrogens (primary N) is 1. The van der Waals surface area contributed by atoms with E-state index >= 15 is 0 Å². The lowest BCUT2D eigenvalue weighted by molar-refractivity contribution is 0.173. The largest absolute Gasteiger partial charge is 0.478 e. The van der Waals surface area contributed by atoms with Crippen molar-refractivity contribution in [1.29, 1.82) is 0 Å². The molecule has 30 heavy (non-hydrogen) atoms. The van der Waals surface area contributed by atoms with Crippen molar-refractivity contribution in [2.24, 2.45) is 10.7 Å². The Hall–Kier alpha value is -3.40. The number of H-pyrrole nitrogens is 1. The van der Waals surface area contributed by atoms with Crippen LogP contribution in [0.1, 0.15) is 31.0 Å². The number of carbonyl (C=O) groups is 1. The van der Waals surface area contributed by atoms with Crippen LogP contribution < -0.4 is 15.4 Å². The summed E-state index contributed by atoms with van der Waals surface area (Å²) in [5.74, 6) is 1.73. The van der Waals surface area contributed by atoms with Crippen LogP contribution in [0.25, 0.3) is 0 Å². The maximum Gasteiger partial charge on any atom is 0.412 e. The lowest BCUT2D eigenvalue weighted by Gasteiger charge is -2.24. The molecule has 4 rings (SSSR count). The molecule has 10 heteroatoms. The predicted octanol–water partition coefficient (Wildman–Crippen LogP) is 2.40. The highest BCUT2D eigenvalue weighted by Gasteiger charge is 2.28. The van der Waals surface area contributed by atoms with Gasteiger partial charge in [-0.3, -0.25) is 10.00 Å². The lowest BCUT2D eigenvalue weighted by Crippen LogP contribution is -2.29. The van der Waals surface area contributed by atoms with Gasteiger partial charge in [0.05, 0.1) is 24.5 Å². The van der Waals surface area contributed by atoms with E-state index < -0.39 is 6.09 Å². The van der Waals surface area contributed by atoms with Gasteiger partial charge in [0.1, 0.15) is 12.2 Å². The van der Waals surface area contributed by atoms with Crippen molar-refractivity contribution in [3.8, 4) is 5.88 Å². The van der Waals surface area contributed by atoms with Gasteiger partial charge in [0.15, 0.2) is 0 Å². The smallest absolute Gasteiger partial charge is 0.412 e. The number of nitrogens with zero attached hydrogens (tertiary/aromatic N) is 5. The van der Waals surface area contributed by atoms with Crippen molar-refractivity contribution in [3.63, 3.8) is 0 Å². The summed E-state index contributed by atoms with van der Waals surface area (Å²) in [4.78, 5) is 21.8. The Morgan fingerprint density at radius 1 is 1.37 bits per heavy atom. The third kappa shape index (κ3) is 5.80. The Bertz CT molecular complexity index is 854. The maximum absolute atomic E-state index is 10.2. The molecule has 2 aliphatic heterocycles. The summed E-state index contributed by atoms with van der Waals surface area (Å²) in [6.07, 6.45) is 8.43. The zero-order valence-electron chi connectivity index (χ0n) is 16.7. The molecule has 1 atom stereocenters. The molecule has 1 saturated heterocycles. The molecule has 2 aliphatic rings. The van der Waals surface area contributed by atoms with Crippen LogP contribution in [0.2, 0.25) is 0 Å². The molecule has 10 nitrogen and oxygen atoms in total. The summed E-state index contributed by atoms with van der Waals surface area (Å²) in [5, 5.41) is 15.4. The van der Waals surface area contributed by atoms with Gasteiger partial charge >= 0.3 is 6.09 Å². The van der Waals surface area contributed by atoms with Crippen molar-refractivity contribution in [3.05, 3.63) is 48.4 Å². The standard InChI is InChI=1S/C15H21N5O.C5H6N2O2/c16-8-3-11-21-15-6-1-4-12(18-15)13-5-2-10-20(13)14-7-9-17-19-14;8-5(9)7-3-1-2-6-4-7/h1,4,6-7,9,13H,2-3,5,8,10-11,16H2,(H,17,19);1-2,4H,3H2,(H,8,9)/t13-;/m1./s1. The number of hydrogen-bond donors (Lipinski definition) is 3. The van der Waals surface area contributed by atoms with Crippen LogP contribution in [0.15, 0.2) is 47.7 Å². The predicted molar refractivity (Wildman–Crippen MR) is 114 cm³/mol. The molecule has 2 aromatic heterocycles. The third-order valence-electron chi connectivity index (χ3n) is 4.68. The SMILES string of the molecule is NCCCOc1cccc([C@H]2CCCN2c2ccn[nH]2)n1.O=C(O)N1C=NC=CC1. The number of aromatic amines is 1. The van der Waals surface area contributed by atoms with E-state index in [1.54, 1.807) is 18.5 Å². The van der Waals surface area contributed by atoms with E-state index in [9.17, 15) is 4.79 Å². The number of rotatable bonds is 6. The first kappa shape index (κ1) is 21.3. The Labute approximate surface area is 175 Å². The van der Waals surface area contributed by atoms with E-state index in [2.05, 4.69) is 31.1 Å². The Morgan fingerprint density at radius 3 is 2.93 bits per heavy atom. The highest BCUT2D eigenvalue weighted by atomic mass is 16.5. The van der Waals surface area contributed by atoms with Gasteiger partial charge in [-0.2, -0.15) is 5.10 Å². The van der Waals surface area contributed by atoms with Crippen molar-refractivity contribution in [2.45, 2.75) is 25.3 Å². The minimum atomic E-state index is -0.969. The minimum absolute atomic E-state index is 0.281. The number of aliphatic imine (C=N–C) groups is 1. The monoisotopic (exact) mass is 413 g/mol. The first-order chi connectivity index (χ1) is 14.7. The molecule has 4 N–H and O–H groups in total. The molecule has 1 fully saturated rings. The summed E-state index contributed by atoms with van der Waals surface area (Å²) >= 11 is 0. The average Bonchev–Trinajstić information content (AvgIpc) is 3.47. The maximum atomic E-state index is 10.2. The first-order valence-electron chi connectivity index (χ1n) is 9.92. The van der Waals surface area contributed by atoms with E-state index in [0.29, 0.717) is 25.6 Å². The van der Waals surface area contributed by atoms with Gasteiger partial charge in [-0.1, -0.05) is 6.07 Å². The molecule has 0 bridgehead atoms. The fourth-order valence-electron chi connectivity index (χ4n) is 3.24. The van der Waals surface area contributed by atoms with Crippen molar-refractivity contribution >= 4 is 18.2 Å². The van der Waals surface area contributed by atoms with Crippen molar-refractivity contribution in [1.82, 2.24) is 20.1 Å². The summed E-state index contributed by atoms with van der Waals surface area (Å²) in [5.41, 5.74) is 6.53. The van der Waals surface area contributed by atoms with Crippen LogP contribution in [0, 0.1) is 0 Å². The number of aromatic nitrogens is 3. The van der Waals surface area contributed by atoms with Gasteiger partial charge in [-0.05, 0) is 37.9 Å². The minimum Gasteiger partial charge on any atom is -0.478 e. The van der Waals surface area contributed by atoms with Crippen molar-refractivity contribution in [2.75, 3.05) is 31.1 Å². The van der Waals surface area contributed by atoms with Crippen molar-refractivity contribution < 1.29 is 14.6 Å². The molecular formula is C20H27N7O3. The number of pyridine rings is 1. The summed E-state index contributed by atoms with van der Waals surface area (Å²) < 4.78 is 5.64. The fraction of sp³-hybridized carbons (Fsp3) is 0.400. The van der Waals surface area contributed by atoms with E-state index in [-0.39, 0.29) is 6.04 Å². The molecule has 160 valence electrons. The quantitative estimate of drug-likeness (QED) is 0.619. The van der Waals surface area contributed by atoms with E-state index in [1.165, 1.54) is 6.34 Å². The summed E-state index contributed by atoms with van der Waals surface area (Å²) in [7, 11) is 0. The zero-order chi connectivity index (χ0) is 21.2. The molecule has 2 aromatic rings. The number of amides is 1. The van der Waals surface area contributed by atoms with E-state index in [4.69, 9.17) is 15.6 Å². The molecule has 0 radical (unpaired) electrons. The molecular weight excluding hydrogens is 386 g/mol. The molecule has 4 heterocycles. The summed E-state index contributed by atoms with van der Waals surface area (Å²) in [6, 6.07) is 8.25. The number of anilines is 1. The van der Waals surface area contributed by atoms with Gasteiger partial charge in [-0.15, -0.1) is 0 Å². The second kappa shape index (κ2) is 11.0. The van der Waals surface area contributed by atoms with Crippen LogP contribution in [0.4, 0.5) is 10.6 Å². The highest BCUT2D eigenvalue weighted by molar-refractivity contribution is 5.81. The Kier molecular flexibility index (Phi) is 7.78. The normalized spacial score (nSPS) is 17.6. The van der Waals surface area contributed by atoms with Crippen LogP contribution in [0.3, 0.4) is 0 Å². The fourth-order valence-corrected chi connectivity index (χ4v) is 3.24. The molecule has 0 spiro atoms. The number of carboxylic acid groups (broad SMARTS) is 1. The Balaban J connectivity index is 0.000000239. The van der Waals surface area contributed by atoms with Crippen LogP contribution in [-0.4, -0.2) is 63.9 Å². The second-order valence-corrected chi connectivity index (χ2v) is 6.77. The second-order valence-electron chi connectivity index (χ2n) is 6.77. The molecule has 1 amide bonds. The average molecular weight is 413 g/mol. The van der Waals surface area contributed by atoms with E-state index in [0.717, 1.165) is 42.2 Å². The molecule has 0 aliphatic carbocycles. The zero-order valence-corrected chi connectivity index (χ0v) is 16.7. The van der Waals surface area contributed by atoms with Gasteiger partial charge in [0.25, 0.3) is 0 Å². The molecule has 0 aromatic carbocycles. The first-order valence-corrected chi connectivity index (χ1v) is 9.92. The number of nitrogens with one attached hydrogen (secondary N) is 1. The number of hydrogen-bond acceptors (Lipinski definition) is 7. The number of ether oxygens (including phenoxy) is 1. The highest BCUT2D eigenvalue weighted by Crippen LogP contribution is 2.34. The van der Waals surface area contributed by atoms with E-state index in [1.807, 2.05) is 18.2 Å². The van der Waals surface area contributed by atoms with Crippen LogP contribution >= 0.6 is 0 Å². The lowest BCUT2D eigenvalue weighted by atomic mass is 10.1. The summed E-state index contributed by atoms with van der Waals surface area (Å²) in [6.45, 7) is 2.67.